The van der Waals surface area contributed by atoms with E-state index in [1.165, 1.54) is 0 Å². The molecule has 1 atom stereocenters. The molecule has 2 saturated heterocycles. The van der Waals surface area contributed by atoms with Gasteiger partial charge in [-0.3, -0.25) is 4.79 Å². The summed E-state index contributed by atoms with van der Waals surface area (Å²) in [5.74, 6) is -0.00629. The van der Waals surface area contributed by atoms with E-state index in [1.807, 2.05) is 24.3 Å². The van der Waals surface area contributed by atoms with Gasteiger partial charge in [0.1, 0.15) is 0 Å². The number of hydrogen-bond donors (Lipinski definition) is 1. The number of carbonyl (C=O) groups excluding carboxylic acids is 1. The van der Waals surface area contributed by atoms with Crippen molar-refractivity contribution in [2.75, 3.05) is 42.6 Å². The molecule has 0 bridgehead atoms. The molecule has 5 heteroatoms. The Balaban J connectivity index is 1.90. The van der Waals surface area contributed by atoms with Crippen LogP contribution in [0.2, 0.25) is 0 Å². The standard InChI is InChI=1S/C14H18N2O3/c17-11-9-14(18)16(10-11)13-4-2-1-3-12(13)15-5-7-19-8-6-15/h1-4,11,17H,5-10H2. The molecule has 19 heavy (non-hydrogen) atoms. The first-order valence-electron chi connectivity index (χ1n) is 6.66. The van der Waals surface area contributed by atoms with Crippen molar-refractivity contribution in [3.8, 4) is 0 Å². The lowest BCUT2D eigenvalue weighted by atomic mass is 10.2. The maximum Gasteiger partial charge on any atom is 0.229 e. The second kappa shape index (κ2) is 5.19. The van der Waals surface area contributed by atoms with Gasteiger partial charge in [-0.1, -0.05) is 12.1 Å². The molecule has 0 saturated carbocycles. The van der Waals surface area contributed by atoms with Crippen LogP contribution in [0.4, 0.5) is 11.4 Å². The predicted octanol–water partition coefficient (Wildman–Crippen LogP) is 0.621. The summed E-state index contributed by atoms with van der Waals surface area (Å²) < 4.78 is 5.36. The molecule has 1 aromatic carbocycles. The van der Waals surface area contributed by atoms with Crippen LogP contribution in [0.1, 0.15) is 6.42 Å². The number of rotatable bonds is 2. The van der Waals surface area contributed by atoms with E-state index in [2.05, 4.69) is 4.90 Å². The molecule has 1 amide bonds. The SMILES string of the molecule is O=C1CC(O)CN1c1ccccc1N1CCOCC1. The third-order valence-electron chi connectivity index (χ3n) is 3.63. The Labute approximate surface area is 112 Å². The van der Waals surface area contributed by atoms with Crippen LogP contribution in [-0.2, 0) is 9.53 Å². The number of hydrogen-bond acceptors (Lipinski definition) is 4. The molecule has 0 radical (unpaired) electrons. The van der Waals surface area contributed by atoms with Gasteiger partial charge in [0, 0.05) is 13.1 Å². The van der Waals surface area contributed by atoms with Gasteiger partial charge in [0.05, 0.1) is 43.7 Å². The molecule has 2 heterocycles. The number of anilines is 2. The number of ether oxygens (including phenoxy) is 1. The maximum atomic E-state index is 11.9. The van der Waals surface area contributed by atoms with Crippen molar-refractivity contribution in [3.63, 3.8) is 0 Å². The average Bonchev–Trinajstić information content (AvgIpc) is 2.79. The first kappa shape index (κ1) is 12.4. The first-order chi connectivity index (χ1) is 9.25. The molecule has 2 aliphatic heterocycles. The summed E-state index contributed by atoms with van der Waals surface area (Å²) in [5, 5.41) is 9.64. The molecular formula is C14H18N2O3. The molecular weight excluding hydrogens is 244 g/mol. The Morgan fingerprint density at radius 3 is 2.47 bits per heavy atom. The van der Waals surface area contributed by atoms with Crippen molar-refractivity contribution in [2.45, 2.75) is 12.5 Å². The minimum atomic E-state index is -0.551. The van der Waals surface area contributed by atoms with E-state index >= 15 is 0 Å². The third-order valence-corrected chi connectivity index (χ3v) is 3.63. The van der Waals surface area contributed by atoms with E-state index < -0.39 is 6.10 Å². The Hall–Kier alpha value is -1.59. The monoisotopic (exact) mass is 262 g/mol. The molecule has 0 aromatic heterocycles. The maximum absolute atomic E-state index is 11.9. The Bertz CT molecular complexity index is 472. The summed E-state index contributed by atoms with van der Waals surface area (Å²) in [4.78, 5) is 15.9. The van der Waals surface area contributed by atoms with Crippen LogP contribution in [0, 0.1) is 0 Å². The lowest BCUT2D eigenvalue weighted by Crippen LogP contribution is -2.38. The highest BCUT2D eigenvalue weighted by Crippen LogP contribution is 2.32. The van der Waals surface area contributed by atoms with Gasteiger partial charge in [0.15, 0.2) is 0 Å². The molecule has 1 aromatic rings. The average molecular weight is 262 g/mol. The minimum Gasteiger partial charge on any atom is -0.391 e. The second-order valence-electron chi connectivity index (χ2n) is 4.95. The summed E-state index contributed by atoms with van der Waals surface area (Å²) in [7, 11) is 0. The molecule has 1 N–H and O–H groups in total. The second-order valence-corrected chi connectivity index (χ2v) is 4.95. The predicted molar refractivity (Wildman–Crippen MR) is 72.5 cm³/mol. The number of nitrogens with zero attached hydrogens (tertiary/aromatic N) is 2. The number of para-hydroxylation sites is 2. The van der Waals surface area contributed by atoms with E-state index in [9.17, 15) is 9.90 Å². The topological polar surface area (TPSA) is 53.0 Å². The van der Waals surface area contributed by atoms with E-state index in [4.69, 9.17) is 4.74 Å². The van der Waals surface area contributed by atoms with Gasteiger partial charge in [0.2, 0.25) is 5.91 Å². The lowest BCUT2D eigenvalue weighted by Gasteiger charge is -2.32. The molecule has 102 valence electrons. The van der Waals surface area contributed by atoms with Gasteiger partial charge >= 0.3 is 0 Å². The van der Waals surface area contributed by atoms with E-state index in [-0.39, 0.29) is 12.3 Å². The number of amides is 1. The van der Waals surface area contributed by atoms with Gasteiger partial charge in [-0.2, -0.15) is 0 Å². The molecule has 0 aliphatic carbocycles. The summed E-state index contributed by atoms with van der Waals surface area (Å²) in [6.07, 6.45) is -0.331. The van der Waals surface area contributed by atoms with Crippen molar-refractivity contribution < 1.29 is 14.6 Å². The molecule has 1 unspecified atom stereocenters. The number of aliphatic hydroxyl groups is 1. The fourth-order valence-corrected chi connectivity index (χ4v) is 2.69. The third kappa shape index (κ3) is 2.43. The van der Waals surface area contributed by atoms with Gasteiger partial charge < -0.3 is 19.6 Å². The minimum absolute atomic E-state index is 0.00629. The van der Waals surface area contributed by atoms with Gasteiger partial charge in [0.25, 0.3) is 0 Å². The first-order valence-corrected chi connectivity index (χ1v) is 6.66. The van der Waals surface area contributed by atoms with E-state index in [1.54, 1.807) is 4.90 Å². The zero-order valence-electron chi connectivity index (χ0n) is 10.8. The number of morpholine rings is 1. The van der Waals surface area contributed by atoms with Gasteiger partial charge in [-0.15, -0.1) is 0 Å². The highest BCUT2D eigenvalue weighted by Gasteiger charge is 2.31. The summed E-state index contributed by atoms with van der Waals surface area (Å²) in [6.45, 7) is 3.49. The summed E-state index contributed by atoms with van der Waals surface area (Å²) in [6, 6.07) is 7.88. The van der Waals surface area contributed by atoms with Crippen molar-refractivity contribution in [3.05, 3.63) is 24.3 Å². The summed E-state index contributed by atoms with van der Waals surface area (Å²) >= 11 is 0. The van der Waals surface area contributed by atoms with Crippen LogP contribution in [0.5, 0.6) is 0 Å². The molecule has 2 fully saturated rings. The number of carbonyl (C=O) groups is 1. The van der Waals surface area contributed by atoms with Crippen molar-refractivity contribution >= 4 is 17.3 Å². The molecule has 5 nitrogen and oxygen atoms in total. The Kier molecular flexibility index (Phi) is 3.40. The van der Waals surface area contributed by atoms with E-state index in [0.29, 0.717) is 19.8 Å². The highest BCUT2D eigenvalue weighted by atomic mass is 16.5. The van der Waals surface area contributed by atoms with Gasteiger partial charge in [-0.25, -0.2) is 0 Å². The van der Waals surface area contributed by atoms with Crippen LogP contribution in [0.15, 0.2) is 24.3 Å². The summed E-state index contributed by atoms with van der Waals surface area (Å²) in [5.41, 5.74) is 1.94. The largest absolute Gasteiger partial charge is 0.391 e. The Morgan fingerprint density at radius 2 is 1.84 bits per heavy atom. The van der Waals surface area contributed by atoms with E-state index in [0.717, 1.165) is 24.5 Å². The molecule has 0 spiro atoms. The lowest BCUT2D eigenvalue weighted by molar-refractivity contribution is -0.117. The fourth-order valence-electron chi connectivity index (χ4n) is 2.69. The zero-order chi connectivity index (χ0) is 13.2. The van der Waals surface area contributed by atoms with Crippen molar-refractivity contribution in [1.82, 2.24) is 0 Å². The van der Waals surface area contributed by atoms with Crippen molar-refractivity contribution in [2.24, 2.45) is 0 Å². The van der Waals surface area contributed by atoms with Crippen molar-refractivity contribution in [1.29, 1.82) is 0 Å². The van der Waals surface area contributed by atoms with Crippen LogP contribution < -0.4 is 9.80 Å². The quantitative estimate of drug-likeness (QED) is 0.849. The van der Waals surface area contributed by atoms with Crippen LogP contribution >= 0.6 is 0 Å². The van der Waals surface area contributed by atoms with Gasteiger partial charge in [-0.05, 0) is 12.1 Å². The van der Waals surface area contributed by atoms with Crippen LogP contribution in [-0.4, -0.2) is 50.0 Å². The molecule has 2 aliphatic rings. The number of benzene rings is 1. The number of β-amino-alcohol motifs (C(OH)–C–C–N with tert-alkyl or cyclic N) is 1. The molecule has 3 rings (SSSR count). The fraction of sp³-hybridized carbons (Fsp3) is 0.500. The van der Waals surface area contributed by atoms with Crippen LogP contribution in [0.25, 0.3) is 0 Å². The zero-order valence-corrected chi connectivity index (χ0v) is 10.8. The smallest absolute Gasteiger partial charge is 0.229 e. The van der Waals surface area contributed by atoms with Crippen LogP contribution in [0.3, 0.4) is 0 Å². The Morgan fingerprint density at radius 1 is 1.16 bits per heavy atom. The number of aliphatic hydroxyl groups excluding tert-OH is 1. The highest BCUT2D eigenvalue weighted by molar-refractivity contribution is 5.99. The normalized spacial score (nSPS) is 24.1.